The van der Waals surface area contributed by atoms with E-state index in [-0.39, 0.29) is 12.0 Å². The lowest BCUT2D eigenvalue weighted by Crippen LogP contribution is -2.71. The summed E-state index contributed by atoms with van der Waals surface area (Å²) in [6.45, 7) is 8.55. The normalized spacial score (nSPS) is 24.0. The number of ether oxygens (including phenoxy) is 3. The topological polar surface area (TPSA) is 60.0 Å². The molecule has 4 rings (SSSR count). The largest absolute Gasteiger partial charge is 0.490 e. The predicted octanol–water partition coefficient (Wildman–Crippen LogP) is 4.37. The van der Waals surface area contributed by atoms with Gasteiger partial charge < -0.3 is 19.5 Å². The lowest BCUT2D eigenvalue weighted by atomic mass is 9.79. The number of nitrogens with zero attached hydrogens (tertiary/aromatic N) is 1. The Labute approximate surface area is 188 Å². The number of carbonyl (C=O) groups is 1. The monoisotopic (exact) mass is 440 g/mol. The lowest BCUT2D eigenvalue weighted by molar-refractivity contribution is -0.159. The van der Waals surface area contributed by atoms with Crippen molar-refractivity contribution in [3.63, 3.8) is 0 Å². The number of hydrogen-bond acceptors (Lipinski definition) is 5. The Kier molecular flexibility index (Phi) is 5.79. The zero-order valence-corrected chi connectivity index (χ0v) is 19.1. The number of rotatable bonds is 6. The fourth-order valence-corrected chi connectivity index (χ4v) is 4.91. The highest BCUT2D eigenvalue weighted by Crippen LogP contribution is 2.52. The number of anilines is 1. The van der Waals surface area contributed by atoms with Crippen molar-refractivity contribution < 1.29 is 19.0 Å². The number of aryl methyl sites for hydroxylation is 1. The Balaban J connectivity index is 1.88. The molecule has 6 nitrogen and oxygen atoms in total. The van der Waals surface area contributed by atoms with Gasteiger partial charge in [0, 0.05) is 11.3 Å². The first-order chi connectivity index (χ1) is 14.9. The van der Waals surface area contributed by atoms with Gasteiger partial charge in [-0.1, -0.05) is 31.2 Å². The molecule has 31 heavy (non-hydrogen) atoms. The van der Waals surface area contributed by atoms with Crippen LogP contribution in [0.2, 0.25) is 0 Å². The molecule has 2 aliphatic rings. The van der Waals surface area contributed by atoms with E-state index in [2.05, 4.69) is 24.4 Å². The quantitative estimate of drug-likeness (QED) is 0.529. The summed E-state index contributed by atoms with van der Waals surface area (Å²) in [7, 11) is 0. The van der Waals surface area contributed by atoms with E-state index in [1.54, 1.807) is 6.92 Å². The number of nitrogens with one attached hydrogen (secondary N) is 1. The molecule has 7 heteroatoms. The third-order valence-corrected chi connectivity index (χ3v) is 6.23. The Bertz CT molecular complexity index is 994. The van der Waals surface area contributed by atoms with Gasteiger partial charge in [-0.15, -0.1) is 0 Å². The summed E-state index contributed by atoms with van der Waals surface area (Å²) in [5.41, 5.74) is 1.82. The molecule has 1 N–H and O–H groups in total. The highest BCUT2D eigenvalue weighted by molar-refractivity contribution is 7.80. The van der Waals surface area contributed by atoms with E-state index in [0.717, 1.165) is 17.7 Å². The van der Waals surface area contributed by atoms with Gasteiger partial charge in [-0.3, -0.25) is 9.69 Å². The van der Waals surface area contributed by atoms with Gasteiger partial charge in [0.1, 0.15) is 5.92 Å². The molecular formula is C24H28N2O4S. The molecule has 2 heterocycles. The zero-order valence-electron chi connectivity index (χ0n) is 18.3. The van der Waals surface area contributed by atoms with E-state index in [9.17, 15) is 4.79 Å². The molecule has 1 fully saturated rings. The lowest BCUT2D eigenvalue weighted by Gasteiger charge is -2.55. The first-order valence-electron chi connectivity index (χ1n) is 10.8. The summed E-state index contributed by atoms with van der Waals surface area (Å²) >= 11 is 5.77. The van der Waals surface area contributed by atoms with Gasteiger partial charge in [0.2, 0.25) is 5.72 Å². The van der Waals surface area contributed by atoms with Crippen LogP contribution in [0.1, 0.15) is 44.9 Å². The first kappa shape index (κ1) is 21.4. The number of hydrogen-bond donors (Lipinski definition) is 1. The number of thiocarbonyl (C=S) groups is 1. The molecule has 164 valence electrons. The molecule has 2 bridgehead atoms. The number of carbonyl (C=O) groups excluding carboxylic acids is 1. The average Bonchev–Trinajstić information content (AvgIpc) is 2.74. The Hall–Kier alpha value is -2.80. The van der Waals surface area contributed by atoms with E-state index in [1.165, 1.54) is 5.56 Å². The molecule has 0 aromatic heterocycles. The van der Waals surface area contributed by atoms with Crippen molar-refractivity contribution in [1.82, 2.24) is 5.32 Å². The zero-order chi connectivity index (χ0) is 22.2. The second-order valence-corrected chi connectivity index (χ2v) is 8.16. The molecule has 3 atom stereocenters. The van der Waals surface area contributed by atoms with E-state index >= 15 is 0 Å². The predicted molar refractivity (Wildman–Crippen MR) is 124 cm³/mol. The summed E-state index contributed by atoms with van der Waals surface area (Å²) < 4.78 is 17.9. The van der Waals surface area contributed by atoms with E-state index < -0.39 is 11.6 Å². The van der Waals surface area contributed by atoms with Gasteiger partial charge >= 0.3 is 5.97 Å². The third-order valence-electron chi connectivity index (χ3n) is 5.93. The highest BCUT2D eigenvalue weighted by Gasteiger charge is 2.60. The van der Waals surface area contributed by atoms with Crippen molar-refractivity contribution >= 4 is 29.0 Å². The molecule has 0 aliphatic carbocycles. The maximum absolute atomic E-state index is 13.2. The van der Waals surface area contributed by atoms with Crippen LogP contribution in [0.4, 0.5) is 5.69 Å². The molecule has 2 aromatic carbocycles. The summed E-state index contributed by atoms with van der Waals surface area (Å²) in [6.07, 6.45) is 0.940. The van der Waals surface area contributed by atoms with Crippen LogP contribution < -0.4 is 19.7 Å². The van der Waals surface area contributed by atoms with Gasteiger partial charge in [-0.25, -0.2) is 0 Å². The highest BCUT2D eigenvalue weighted by atomic mass is 32.1. The number of esters is 1. The maximum atomic E-state index is 13.2. The summed E-state index contributed by atoms with van der Waals surface area (Å²) in [6, 6.07) is 13.5. The molecule has 0 amide bonds. The second-order valence-electron chi connectivity index (χ2n) is 7.78. The van der Waals surface area contributed by atoms with Crippen molar-refractivity contribution in [2.24, 2.45) is 5.92 Å². The van der Waals surface area contributed by atoms with Crippen LogP contribution in [0.5, 0.6) is 11.5 Å². The van der Waals surface area contributed by atoms with Crippen molar-refractivity contribution in [1.29, 1.82) is 0 Å². The molecule has 0 saturated carbocycles. The Morgan fingerprint density at radius 1 is 1.16 bits per heavy atom. The van der Waals surface area contributed by atoms with Crippen molar-refractivity contribution in [3.05, 3.63) is 53.6 Å². The summed E-state index contributed by atoms with van der Waals surface area (Å²) in [5, 5.41) is 3.89. The van der Waals surface area contributed by atoms with Crippen LogP contribution >= 0.6 is 12.2 Å². The van der Waals surface area contributed by atoms with Gasteiger partial charge in [0.25, 0.3) is 0 Å². The minimum absolute atomic E-state index is 0.291. The van der Waals surface area contributed by atoms with Gasteiger partial charge in [-0.2, -0.15) is 0 Å². The van der Waals surface area contributed by atoms with E-state index in [1.807, 2.05) is 49.1 Å². The standard InChI is InChI=1S/C24H28N2O4S/c1-5-15-11-13-16(14-12-15)26-23(31)25-20-17-9-8-10-18(28-6-2)21(17)30-24(26,4)19(20)22(27)29-7-3/h8-14,19-20H,5-7H2,1-4H3,(H,25,31)/t19-,20-,24-/m0/s1. The molecule has 1 saturated heterocycles. The molecule has 0 unspecified atom stereocenters. The van der Waals surface area contributed by atoms with Gasteiger partial charge in [0.05, 0.1) is 19.3 Å². The third kappa shape index (κ3) is 3.51. The number of fused-ring (bicyclic) bond motifs is 4. The Morgan fingerprint density at radius 2 is 1.90 bits per heavy atom. The van der Waals surface area contributed by atoms with Crippen LogP contribution in [0, 0.1) is 5.92 Å². The van der Waals surface area contributed by atoms with Crippen LogP contribution in [-0.2, 0) is 16.0 Å². The smallest absolute Gasteiger partial charge is 0.317 e. The SMILES string of the molecule is CCOC(=O)[C@@H]1[C@H]2NC(=S)N(c3ccc(CC)cc3)[C@@]1(C)Oc1c(OCC)cccc12. The minimum atomic E-state index is -1.09. The molecular weight excluding hydrogens is 412 g/mol. The van der Waals surface area contributed by atoms with Crippen LogP contribution in [0.25, 0.3) is 0 Å². The van der Waals surface area contributed by atoms with Crippen molar-refractivity contribution in [2.75, 3.05) is 18.1 Å². The molecule has 0 radical (unpaired) electrons. The average molecular weight is 441 g/mol. The Morgan fingerprint density at radius 3 is 2.55 bits per heavy atom. The molecule has 2 aromatic rings. The first-order valence-corrected chi connectivity index (χ1v) is 11.2. The van der Waals surface area contributed by atoms with Crippen LogP contribution in [0.15, 0.2) is 42.5 Å². The molecule has 2 aliphatic heterocycles. The molecule has 0 spiro atoms. The van der Waals surface area contributed by atoms with E-state index in [4.69, 9.17) is 26.4 Å². The van der Waals surface area contributed by atoms with Crippen molar-refractivity contribution in [3.8, 4) is 11.5 Å². The fraction of sp³-hybridized carbons (Fsp3) is 0.417. The summed E-state index contributed by atoms with van der Waals surface area (Å²) in [5.74, 6) is 0.319. The maximum Gasteiger partial charge on any atom is 0.317 e. The van der Waals surface area contributed by atoms with Crippen molar-refractivity contribution in [2.45, 2.75) is 45.9 Å². The van der Waals surface area contributed by atoms with Crippen LogP contribution in [0.3, 0.4) is 0 Å². The summed E-state index contributed by atoms with van der Waals surface area (Å²) in [4.78, 5) is 15.1. The van der Waals surface area contributed by atoms with Crippen LogP contribution in [-0.4, -0.2) is 30.0 Å². The van der Waals surface area contributed by atoms with Gasteiger partial charge in [0.15, 0.2) is 16.6 Å². The minimum Gasteiger partial charge on any atom is -0.490 e. The van der Waals surface area contributed by atoms with Gasteiger partial charge in [-0.05, 0) is 63.2 Å². The number of para-hydroxylation sites is 1. The van der Waals surface area contributed by atoms with E-state index in [0.29, 0.717) is 29.8 Å². The fourth-order valence-electron chi connectivity index (χ4n) is 4.50. The second kappa shape index (κ2) is 8.38. The number of benzene rings is 2.